The Bertz CT molecular complexity index is 701. The molecule has 1 saturated heterocycles. The SMILES string of the molecule is CN1C[C@@H](NC(=O)Cc2ccncc2Cl)[C@H](c2cncn2C)C1. The Morgan fingerprint density at radius 2 is 2.17 bits per heavy atom. The van der Waals surface area contributed by atoms with E-state index in [-0.39, 0.29) is 24.3 Å². The number of hydrogen-bond donors (Lipinski definition) is 1. The molecule has 0 saturated carbocycles. The van der Waals surface area contributed by atoms with E-state index in [1.165, 1.54) is 0 Å². The van der Waals surface area contributed by atoms with Crippen LogP contribution >= 0.6 is 11.6 Å². The highest BCUT2D eigenvalue weighted by Crippen LogP contribution is 2.26. The van der Waals surface area contributed by atoms with Crippen LogP contribution in [0.3, 0.4) is 0 Å². The number of amides is 1. The van der Waals surface area contributed by atoms with Gasteiger partial charge in [-0.15, -0.1) is 0 Å². The standard InChI is InChI=1S/C16H20ClN5O/c1-21-8-12(15-7-19-10-22(15)2)14(9-21)20-16(23)5-11-3-4-18-6-13(11)17/h3-4,6-7,10,12,14H,5,8-9H2,1-2H3,(H,20,23)/t12-,14-/m1/s1. The summed E-state index contributed by atoms with van der Waals surface area (Å²) in [5.74, 6) is 0.218. The number of likely N-dealkylation sites (N-methyl/N-ethyl adjacent to an activating group) is 1. The largest absolute Gasteiger partial charge is 0.351 e. The average molecular weight is 334 g/mol. The molecule has 1 aliphatic heterocycles. The van der Waals surface area contributed by atoms with Gasteiger partial charge in [-0.25, -0.2) is 4.98 Å². The zero-order chi connectivity index (χ0) is 16.4. The van der Waals surface area contributed by atoms with Gasteiger partial charge in [0.05, 0.1) is 23.8 Å². The molecule has 0 radical (unpaired) electrons. The van der Waals surface area contributed by atoms with Gasteiger partial charge in [0.25, 0.3) is 0 Å². The molecule has 3 heterocycles. The fraction of sp³-hybridized carbons (Fsp3) is 0.438. The Hall–Kier alpha value is -1.92. The molecule has 6 nitrogen and oxygen atoms in total. The van der Waals surface area contributed by atoms with Crippen LogP contribution in [0.4, 0.5) is 0 Å². The number of pyridine rings is 1. The first-order valence-electron chi connectivity index (χ1n) is 7.57. The van der Waals surface area contributed by atoms with Gasteiger partial charge in [-0.2, -0.15) is 0 Å². The Labute approximate surface area is 140 Å². The van der Waals surface area contributed by atoms with Gasteiger partial charge in [-0.1, -0.05) is 11.6 Å². The zero-order valence-corrected chi connectivity index (χ0v) is 14.0. The van der Waals surface area contributed by atoms with Crippen LogP contribution in [0.15, 0.2) is 31.0 Å². The number of halogens is 1. The maximum Gasteiger partial charge on any atom is 0.224 e. The smallest absolute Gasteiger partial charge is 0.224 e. The van der Waals surface area contributed by atoms with Crippen molar-refractivity contribution in [2.24, 2.45) is 7.05 Å². The molecule has 0 aliphatic carbocycles. The summed E-state index contributed by atoms with van der Waals surface area (Å²) in [5, 5.41) is 3.67. The third kappa shape index (κ3) is 3.54. The summed E-state index contributed by atoms with van der Waals surface area (Å²) in [6.07, 6.45) is 7.15. The molecule has 0 spiro atoms. The summed E-state index contributed by atoms with van der Waals surface area (Å²) in [7, 11) is 4.05. The van der Waals surface area contributed by atoms with Crippen LogP contribution < -0.4 is 5.32 Å². The Balaban J connectivity index is 1.69. The van der Waals surface area contributed by atoms with E-state index < -0.39 is 0 Å². The second-order valence-electron chi connectivity index (χ2n) is 6.07. The monoisotopic (exact) mass is 333 g/mol. The number of imidazole rings is 1. The normalized spacial score (nSPS) is 21.5. The highest BCUT2D eigenvalue weighted by molar-refractivity contribution is 6.31. The first-order valence-corrected chi connectivity index (χ1v) is 7.95. The van der Waals surface area contributed by atoms with Gasteiger partial charge in [0, 0.05) is 50.3 Å². The quantitative estimate of drug-likeness (QED) is 0.914. The van der Waals surface area contributed by atoms with E-state index in [2.05, 4.69) is 27.2 Å². The van der Waals surface area contributed by atoms with Gasteiger partial charge in [-0.3, -0.25) is 9.78 Å². The van der Waals surface area contributed by atoms with E-state index in [0.717, 1.165) is 24.3 Å². The molecule has 23 heavy (non-hydrogen) atoms. The maximum absolute atomic E-state index is 12.4. The lowest BCUT2D eigenvalue weighted by Gasteiger charge is -2.20. The molecule has 0 aromatic carbocycles. The lowest BCUT2D eigenvalue weighted by molar-refractivity contribution is -0.121. The molecule has 0 unspecified atom stereocenters. The summed E-state index contributed by atoms with van der Waals surface area (Å²) in [4.78, 5) is 22.8. The van der Waals surface area contributed by atoms with Crippen LogP contribution in [0.2, 0.25) is 5.02 Å². The molecule has 0 bridgehead atoms. The molecular weight excluding hydrogens is 314 g/mol. The molecule has 122 valence electrons. The molecule has 2 aromatic rings. The van der Waals surface area contributed by atoms with E-state index in [0.29, 0.717) is 5.02 Å². The van der Waals surface area contributed by atoms with E-state index >= 15 is 0 Å². The molecule has 1 N–H and O–H groups in total. The number of hydrogen-bond acceptors (Lipinski definition) is 4. The van der Waals surface area contributed by atoms with Crippen LogP contribution in [-0.4, -0.2) is 51.5 Å². The van der Waals surface area contributed by atoms with Crippen LogP contribution in [0.25, 0.3) is 0 Å². The molecular formula is C16H20ClN5O. The van der Waals surface area contributed by atoms with Crippen molar-refractivity contribution in [3.63, 3.8) is 0 Å². The van der Waals surface area contributed by atoms with Crippen molar-refractivity contribution < 1.29 is 4.79 Å². The van der Waals surface area contributed by atoms with Crippen LogP contribution in [-0.2, 0) is 18.3 Å². The number of nitrogens with zero attached hydrogens (tertiary/aromatic N) is 4. The summed E-state index contributed by atoms with van der Waals surface area (Å²) in [6.45, 7) is 1.73. The predicted molar refractivity (Wildman–Crippen MR) is 88.3 cm³/mol. The number of aryl methyl sites for hydroxylation is 1. The van der Waals surface area contributed by atoms with Gasteiger partial charge in [0.15, 0.2) is 0 Å². The molecule has 1 aliphatic rings. The Kier molecular flexibility index (Phi) is 4.63. The summed E-state index contributed by atoms with van der Waals surface area (Å²) in [6, 6.07) is 1.85. The van der Waals surface area contributed by atoms with Crippen molar-refractivity contribution in [1.29, 1.82) is 0 Å². The summed E-state index contributed by atoms with van der Waals surface area (Å²) < 4.78 is 2.02. The summed E-state index contributed by atoms with van der Waals surface area (Å²) in [5.41, 5.74) is 1.93. The van der Waals surface area contributed by atoms with Gasteiger partial charge in [0.1, 0.15) is 0 Å². The molecule has 1 fully saturated rings. The number of likely N-dealkylation sites (tertiary alicyclic amines) is 1. The van der Waals surface area contributed by atoms with Crippen molar-refractivity contribution in [3.05, 3.63) is 47.3 Å². The highest BCUT2D eigenvalue weighted by Gasteiger charge is 2.34. The van der Waals surface area contributed by atoms with Crippen molar-refractivity contribution in [2.45, 2.75) is 18.4 Å². The van der Waals surface area contributed by atoms with Gasteiger partial charge in [-0.05, 0) is 18.7 Å². The Morgan fingerprint density at radius 3 is 2.87 bits per heavy atom. The minimum absolute atomic E-state index is 0.0226. The van der Waals surface area contributed by atoms with E-state index in [1.54, 1.807) is 24.8 Å². The van der Waals surface area contributed by atoms with Crippen LogP contribution in [0.1, 0.15) is 17.2 Å². The third-order valence-electron chi connectivity index (χ3n) is 4.29. The molecule has 1 amide bonds. The minimum Gasteiger partial charge on any atom is -0.351 e. The van der Waals surface area contributed by atoms with Crippen molar-refractivity contribution in [3.8, 4) is 0 Å². The second-order valence-corrected chi connectivity index (χ2v) is 6.48. The highest BCUT2D eigenvalue weighted by atomic mass is 35.5. The van der Waals surface area contributed by atoms with Crippen molar-refractivity contribution >= 4 is 17.5 Å². The first-order chi connectivity index (χ1) is 11.0. The fourth-order valence-corrected chi connectivity index (χ4v) is 3.34. The van der Waals surface area contributed by atoms with E-state index in [4.69, 9.17) is 11.6 Å². The maximum atomic E-state index is 12.4. The van der Waals surface area contributed by atoms with E-state index in [9.17, 15) is 4.79 Å². The molecule has 3 rings (SSSR count). The number of carbonyl (C=O) groups excluding carboxylic acids is 1. The lowest BCUT2D eigenvalue weighted by atomic mass is 9.99. The number of aromatic nitrogens is 3. The third-order valence-corrected chi connectivity index (χ3v) is 4.63. The van der Waals surface area contributed by atoms with Crippen LogP contribution in [0, 0.1) is 0 Å². The van der Waals surface area contributed by atoms with Crippen molar-refractivity contribution in [1.82, 2.24) is 24.8 Å². The predicted octanol–water partition coefficient (Wildman–Crippen LogP) is 1.22. The van der Waals surface area contributed by atoms with E-state index in [1.807, 2.05) is 17.8 Å². The van der Waals surface area contributed by atoms with Gasteiger partial charge < -0.3 is 14.8 Å². The zero-order valence-electron chi connectivity index (χ0n) is 13.2. The number of carbonyl (C=O) groups is 1. The molecule has 7 heteroatoms. The number of nitrogens with one attached hydrogen (secondary N) is 1. The Morgan fingerprint density at radius 1 is 1.35 bits per heavy atom. The second kappa shape index (κ2) is 6.68. The van der Waals surface area contributed by atoms with Gasteiger partial charge >= 0.3 is 0 Å². The fourth-order valence-electron chi connectivity index (χ4n) is 3.15. The van der Waals surface area contributed by atoms with Crippen molar-refractivity contribution in [2.75, 3.05) is 20.1 Å². The minimum atomic E-state index is -0.0226. The lowest BCUT2D eigenvalue weighted by Crippen LogP contribution is -2.40. The van der Waals surface area contributed by atoms with Gasteiger partial charge in [0.2, 0.25) is 5.91 Å². The molecule has 2 atom stereocenters. The topological polar surface area (TPSA) is 63.1 Å². The number of rotatable bonds is 4. The average Bonchev–Trinajstić information content (AvgIpc) is 3.07. The van der Waals surface area contributed by atoms with Crippen LogP contribution in [0.5, 0.6) is 0 Å². The summed E-state index contributed by atoms with van der Waals surface area (Å²) >= 11 is 6.08. The molecule has 2 aromatic heterocycles. The first kappa shape index (κ1) is 16.0.